The molecule has 0 N–H and O–H groups in total. The van der Waals surface area contributed by atoms with E-state index in [0.717, 1.165) is 33.3 Å². The van der Waals surface area contributed by atoms with Crippen molar-refractivity contribution < 1.29 is 4.42 Å². The van der Waals surface area contributed by atoms with Crippen molar-refractivity contribution in [3.8, 4) is 11.3 Å². The van der Waals surface area contributed by atoms with Gasteiger partial charge in [0.2, 0.25) is 5.71 Å². The Balaban J connectivity index is 1.60. The molecule has 2 aromatic carbocycles. The molecule has 0 spiro atoms. The summed E-state index contributed by atoms with van der Waals surface area (Å²) in [6, 6.07) is 15.7. The molecule has 0 saturated heterocycles. The Morgan fingerprint density at radius 3 is 2.49 bits per heavy atom. The maximum atomic E-state index is 6.38. The number of hydrogen-bond donors (Lipinski definition) is 0. The molecule has 3 nitrogen and oxygen atoms in total. The van der Waals surface area contributed by atoms with Crippen molar-refractivity contribution in [1.29, 1.82) is 0 Å². The highest BCUT2D eigenvalue weighted by molar-refractivity contribution is 6.11. The minimum Gasteiger partial charge on any atom is -0.437 e. The number of hydrogen-bond acceptors (Lipinski definition) is 3. The van der Waals surface area contributed by atoms with Gasteiger partial charge in [0.1, 0.15) is 5.58 Å². The van der Waals surface area contributed by atoms with Crippen LogP contribution in [0, 0.1) is 19.3 Å². The molecule has 1 aliphatic rings. The summed E-state index contributed by atoms with van der Waals surface area (Å²) < 4.78 is 6.38. The maximum Gasteiger partial charge on any atom is 0.227 e. The Kier molecular flexibility index (Phi) is 5.03. The van der Waals surface area contributed by atoms with E-state index < -0.39 is 0 Å². The minimum atomic E-state index is 0.408. The second kappa shape index (κ2) is 7.91. The van der Waals surface area contributed by atoms with Gasteiger partial charge in [0.25, 0.3) is 0 Å². The van der Waals surface area contributed by atoms with Gasteiger partial charge in [-0.2, -0.15) is 0 Å². The monoisotopic (exact) mass is 462 g/mol. The van der Waals surface area contributed by atoms with Crippen molar-refractivity contribution in [2.24, 2.45) is 5.41 Å². The van der Waals surface area contributed by atoms with Crippen LogP contribution >= 0.6 is 0 Å². The minimum absolute atomic E-state index is 0.408. The van der Waals surface area contributed by atoms with Crippen LogP contribution in [0.5, 0.6) is 0 Å². The van der Waals surface area contributed by atoms with E-state index in [1.807, 2.05) is 6.92 Å². The number of fused-ring (bicyclic) bond motifs is 4. The van der Waals surface area contributed by atoms with Gasteiger partial charge in [-0.25, -0.2) is 4.98 Å². The summed E-state index contributed by atoms with van der Waals surface area (Å²) in [6.07, 6.45) is 5.92. The SMILES string of the molecule is Cc1cc(-c2ncc(C(C)C)c3cc(C4CCC(C)(C)C4)ccc23)c2oc3nc(C)ccc3c2c1. The first kappa shape index (κ1) is 22.3. The molecule has 5 aromatic rings. The maximum absolute atomic E-state index is 6.38. The predicted octanol–water partition coefficient (Wildman–Crippen LogP) is 9.23. The summed E-state index contributed by atoms with van der Waals surface area (Å²) in [4.78, 5) is 9.70. The summed E-state index contributed by atoms with van der Waals surface area (Å²) in [7, 11) is 0. The fourth-order valence-corrected chi connectivity index (χ4v) is 6.10. The van der Waals surface area contributed by atoms with Gasteiger partial charge in [0, 0.05) is 33.6 Å². The van der Waals surface area contributed by atoms with Crippen molar-refractivity contribution in [3.63, 3.8) is 0 Å². The molecule has 3 heteroatoms. The zero-order valence-corrected chi connectivity index (χ0v) is 21.7. The van der Waals surface area contributed by atoms with Crippen LogP contribution in [0.1, 0.15) is 81.2 Å². The first-order valence-corrected chi connectivity index (χ1v) is 12.9. The third kappa shape index (κ3) is 3.73. The third-order valence-electron chi connectivity index (χ3n) is 7.98. The van der Waals surface area contributed by atoms with E-state index in [9.17, 15) is 0 Å². The van der Waals surface area contributed by atoms with Crippen LogP contribution in [0.4, 0.5) is 0 Å². The number of aryl methyl sites for hydroxylation is 2. The summed E-state index contributed by atoms with van der Waals surface area (Å²) in [5.41, 5.74) is 8.99. The number of rotatable bonds is 3. The van der Waals surface area contributed by atoms with Gasteiger partial charge in [0.15, 0.2) is 0 Å². The molecular formula is C32H34N2O. The molecule has 0 bridgehead atoms. The summed E-state index contributed by atoms with van der Waals surface area (Å²) in [6.45, 7) is 13.5. The molecule has 1 saturated carbocycles. The van der Waals surface area contributed by atoms with Gasteiger partial charge in [-0.15, -0.1) is 0 Å². The average molecular weight is 463 g/mol. The molecule has 35 heavy (non-hydrogen) atoms. The third-order valence-corrected chi connectivity index (χ3v) is 7.98. The van der Waals surface area contributed by atoms with Gasteiger partial charge in [-0.05, 0) is 96.7 Å². The second-order valence-electron chi connectivity index (χ2n) is 11.7. The second-order valence-corrected chi connectivity index (χ2v) is 11.7. The standard InChI is InChI=1S/C32H34N2O/c1-18(2)28-17-33-29(23-10-8-21(15-25(23)28)22-11-12-32(5,6)16-22)27-14-19(3)13-26-24-9-7-20(4)34-31(24)35-30(26)27/h7-10,13-15,17-18,22H,11-12,16H2,1-6H3. The number of furan rings is 1. The zero-order valence-electron chi connectivity index (χ0n) is 21.7. The molecule has 6 rings (SSSR count). The van der Waals surface area contributed by atoms with E-state index in [1.54, 1.807) is 0 Å². The Morgan fingerprint density at radius 1 is 0.943 bits per heavy atom. The Bertz CT molecular complexity index is 1610. The van der Waals surface area contributed by atoms with E-state index in [1.165, 1.54) is 46.7 Å². The molecule has 0 amide bonds. The molecule has 1 unspecified atom stereocenters. The van der Waals surface area contributed by atoms with Crippen LogP contribution in [0.25, 0.3) is 44.1 Å². The van der Waals surface area contributed by atoms with E-state index >= 15 is 0 Å². The normalized spacial score (nSPS) is 17.9. The van der Waals surface area contributed by atoms with Gasteiger partial charge < -0.3 is 4.42 Å². The van der Waals surface area contributed by atoms with Gasteiger partial charge in [-0.1, -0.05) is 45.9 Å². The number of pyridine rings is 2. The van der Waals surface area contributed by atoms with E-state index in [4.69, 9.17) is 9.40 Å². The van der Waals surface area contributed by atoms with E-state index in [0.29, 0.717) is 23.0 Å². The van der Waals surface area contributed by atoms with Crippen molar-refractivity contribution in [2.45, 2.75) is 72.6 Å². The predicted molar refractivity (Wildman–Crippen MR) is 146 cm³/mol. The largest absolute Gasteiger partial charge is 0.437 e. The van der Waals surface area contributed by atoms with E-state index in [-0.39, 0.29) is 0 Å². The zero-order chi connectivity index (χ0) is 24.5. The molecule has 3 aromatic heterocycles. The topological polar surface area (TPSA) is 38.9 Å². The highest BCUT2D eigenvalue weighted by Crippen LogP contribution is 2.47. The first-order valence-electron chi connectivity index (χ1n) is 12.9. The summed E-state index contributed by atoms with van der Waals surface area (Å²) in [5, 5.41) is 4.70. The fourth-order valence-electron chi connectivity index (χ4n) is 6.10. The van der Waals surface area contributed by atoms with Crippen molar-refractivity contribution in [3.05, 3.63) is 71.0 Å². The average Bonchev–Trinajstić information content (AvgIpc) is 3.36. The van der Waals surface area contributed by atoms with Crippen LogP contribution < -0.4 is 0 Å². The van der Waals surface area contributed by atoms with Crippen LogP contribution in [0.2, 0.25) is 0 Å². The lowest BCUT2D eigenvalue weighted by Crippen LogP contribution is -2.04. The Labute approximate surface area is 207 Å². The molecule has 1 aliphatic carbocycles. The number of benzene rings is 2. The highest BCUT2D eigenvalue weighted by Gasteiger charge is 2.32. The number of aromatic nitrogens is 2. The van der Waals surface area contributed by atoms with Crippen molar-refractivity contribution in [2.75, 3.05) is 0 Å². The lowest BCUT2D eigenvalue weighted by atomic mass is 9.86. The molecule has 0 aliphatic heterocycles. The Morgan fingerprint density at radius 2 is 1.74 bits per heavy atom. The molecule has 178 valence electrons. The lowest BCUT2D eigenvalue weighted by Gasteiger charge is -2.19. The lowest BCUT2D eigenvalue weighted by molar-refractivity contribution is 0.376. The molecule has 3 heterocycles. The van der Waals surface area contributed by atoms with Gasteiger partial charge in [-0.3, -0.25) is 4.98 Å². The van der Waals surface area contributed by atoms with E-state index in [2.05, 4.69) is 88.3 Å². The van der Waals surface area contributed by atoms with Gasteiger partial charge >= 0.3 is 0 Å². The first-order chi connectivity index (χ1) is 16.7. The fraction of sp³-hybridized carbons (Fsp3) is 0.375. The highest BCUT2D eigenvalue weighted by atomic mass is 16.3. The van der Waals surface area contributed by atoms with Crippen LogP contribution in [-0.4, -0.2) is 9.97 Å². The van der Waals surface area contributed by atoms with Gasteiger partial charge in [0.05, 0.1) is 5.69 Å². The smallest absolute Gasteiger partial charge is 0.227 e. The van der Waals surface area contributed by atoms with Crippen molar-refractivity contribution >= 4 is 32.8 Å². The van der Waals surface area contributed by atoms with Crippen LogP contribution in [-0.2, 0) is 0 Å². The quantitative estimate of drug-likeness (QED) is 0.268. The van der Waals surface area contributed by atoms with Crippen molar-refractivity contribution in [1.82, 2.24) is 9.97 Å². The summed E-state index contributed by atoms with van der Waals surface area (Å²) >= 11 is 0. The Hall–Kier alpha value is -3.20. The number of nitrogens with zero attached hydrogens (tertiary/aromatic N) is 2. The van der Waals surface area contributed by atoms with Crippen LogP contribution in [0.3, 0.4) is 0 Å². The van der Waals surface area contributed by atoms with Crippen LogP contribution in [0.15, 0.2) is 53.1 Å². The summed E-state index contributed by atoms with van der Waals surface area (Å²) in [5.74, 6) is 1.05. The molecule has 0 radical (unpaired) electrons. The molecule has 1 fully saturated rings. The molecule has 1 atom stereocenters. The molecular weight excluding hydrogens is 428 g/mol.